The van der Waals surface area contributed by atoms with Crippen LogP contribution in [0.2, 0.25) is 0 Å². The van der Waals surface area contributed by atoms with Crippen LogP contribution in [0.4, 0.5) is 0 Å². The minimum atomic E-state index is 0.166. The Morgan fingerprint density at radius 2 is 1.44 bits per heavy atom. The molecule has 154 valence electrons. The van der Waals surface area contributed by atoms with Gasteiger partial charge in [0.15, 0.2) is 0 Å². The van der Waals surface area contributed by atoms with Crippen molar-refractivity contribution in [1.82, 2.24) is 20.0 Å². The summed E-state index contributed by atoms with van der Waals surface area (Å²) in [5.74, 6) is 1.71. The lowest BCUT2D eigenvalue weighted by molar-refractivity contribution is -0.134. The number of hydrogen-bond acceptors (Lipinski definition) is 4. The zero-order valence-electron chi connectivity index (χ0n) is 17.3. The van der Waals surface area contributed by atoms with Crippen molar-refractivity contribution in [3.63, 3.8) is 0 Å². The fourth-order valence-electron chi connectivity index (χ4n) is 4.78. The van der Waals surface area contributed by atoms with Gasteiger partial charge in [0.05, 0.1) is 13.1 Å². The zero-order valence-corrected chi connectivity index (χ0v) is 17.3. The van der Waals surface area contributed by atoms with E-state index in [2.05, 4.69) is 29.0 Å². The highest BCUT2D eigenvalue weighted by atomic mass is 16.2. The molecule has 3 fully saturated rings. The van der Waals surface area contributed by atoms with Crippen molar-refractivity contribution in [2.75, 3.05) is 52.4 Å². The van der Waals surface area contributed by atoms with Crippen LogP contribution < -0.4 is 5.32 Å². The van der Waals surface area contributed by atoms with Gasteiger partial charge in [-0.05, 0) is 37.5 Å². The highest BCUT2D eigenvalue weighted by Crippen LogP contribution is 2.29. The van der Waals surface area contributed by atoms with Gasteiger partial charge in [-0.25, -0.2) is 0 Å². The predicted octanol–water partition coefficient (Wildman–Crippen LogP) is 1.56. The Labute approximate surface area is 164 Å². The Bertz CT molecular complexity index is 498. The molecule has 1 N–H and O–H groups in total. The van der Waals surface area contributed by atoms with Crippen molar-refractivity contribution < 1.29 is 9.59 Å². The Morgan fingerprint density at radius 1 is 0.815 bits per heavy atom. The number of likely N-dealkylation sites (tertiary alicyclic amines) is 1. The third-order valence-corrected chi connectivity index (χ3v) is 6.95. The number of nitrogens with zero attached hydrogens (tertiary/aromatic N) is 3. The predicted molar refractivity (Wildman–Crippen MR) is 107 cm³/mol. The number of carbonyl (C=O) groups excluding carboxylic acids is 2. The van der Waals surface area contributed by atoms with Crippen molar-refractivity contribution in [3.8, 4) is 0 Å². The SMILES string of the molecule is CC1CCCC(NC(=O)CN2CCN(CC(=O)N3CCCCC3)CC2)C1C. The van der Waals surface area contributed by atoms with E-state index in [0.717, 1.165) is 58.5 Å². The van der Waals surface area contributed by atoms with Gasteiger partial charge in [-0.2, -0.15) is 0 Å². The summed E-state index contributed by atoms with van der Waals surface area (Å²) in [7, 11) is 0. The highest BCUT2D eigenvalue weighted by Gasteiger charge is 2.29. The molecule has 2 heterocycles. The van der Waals surface area contributed by atoms with E-state index >= 15 is 0 Å². The van der Waals surface area contributed by atoms with Crippen LogP contribution in [0, 0.1) is 11.8 Å². The molecule has 0 bridgehead atoms. The zero-order chi connectivity index (χ0) is 19.2. The summed E-state index contributed by atoms with van der Waals surface area (Å²) in [6.45, 7) is 11.0. The summed E-state index contributed by atoms with van der Waals surface area (Å²) in [5, 5.41) is 3.28. The fraction of sp³-hybridized carbons (Fsp3) is 0.905. The molecule has 0 spiro atoms. The van der Waals surface area contributed by atoms with Crippen molar-refractivity contribution in [1.29, 1.82) is 0 Å². The van der Waals surface area contributed by atoms with Crippen LogP contribution in [0.25, 0.3) is 0 Å². The van der Waals surface area contributed by atoms with Gasteiger partial charge >= 0.3 is 0 Å². The summed E-state index contributed by atoms with van der Waals surface area (Å²) < 4.78 is 0. The molecule has 0 radical (unpaired) electrons. The van der Waals surface area contributed by atoms with Crippen LogP contribution >= 0.6 is 0 Å². The molecule has 2 amide bonds. The van der Waals surface area contributed by atoms with E-state index in [9.17, 15) is 9.59 Å². The van der Waals surface area contributed by atoms with E-state index in [4.69, 9.17) is 0 Å². The Morgan fingerprint density at radius 3 is 2.11 bits per heavy atom. The first kappa shape index (κ1) is 20.6. The van der Waals surface area contributed by atoms with Gasteiger partial charge in [-0.1, -0.05) is 26.7 Å². The van der Waals surface area contributed by atoms with Gasteiger partial charge in [0.25, 0.3) is 0 Å². The van der Waals surface area contributed by atoms with Gasteiger partial charge in [0.2, 0.25) is 11.8 Å². The van der Waals surface area contributed by atoms with Crippen LogP contribution in [0.15, 0.2) is 0 Å². The molecule has 3 rings (SSSR count). The van der Waals surface area contributed by atoms with Gasteiger partial charge in [-0.15, -0.1) is 0 Å². The number of nitrogens with one attached hydrogen (secondary N) is 1. The first-order chi connectivity index (χ1) is 13.0. The number of piperazine rings is 1. The molecule has 6 heteroatoms. The van der Waals surface area contributed by atoms with E-state index in [1.807, 2.05) is 4.90 Å². The number of piperidine rings is 1. The molecule has 0 aromatic carbocycles. The van der Waals surface area contributed by atoms with Crippen LogP contribution in [-0.4, -0.2) is 84.9 Å². The number of rotatable bonds is 5. The molecule has 6 nitrogen and oxygen atoms in total. The number of hydrogen-bond donors (Lipinski definition) is 1. The van der Waals surface area contributed by atoms with Crippen LogP contribution in [0.5, 0.6) is 0 Å². The monoisotopic (exact) mass is 378 g/mol. The van der Waals surface area contributed by atoms with Crippen LogP contribution in [0.1, 0.15) is 52.4 Å². The molecule has 0 aromatic heterocycles. The largest absolute Gasteiger partial charge is 0.352 e. The molecule has 2 saturated heterocycles. The molecule has 27 heavy (non-hydrogen) atoms. The molecular weight excluding hydrogens is 340 g/mol. The Balaban J connectivity index is 1.35. The van der Waals surface area contributed by atoms with Gasteiger partial charge in [0, 0.05) is 45.3 Å². The second-order valence-corrected chi connectivity index (χ2v) is 8.94. The minimum absolute atomic E-state index is 0.166. The van der Waals surface area contributed by atoms with Crippen molar-refractivity contribution >= 4 is 11.8 Å². The molecule has 3 unspecified atom stereocenters. The topological polar surface area (TPSA) is 55.9 Å². The highest BCUT2D eigenvalue weighted by molar-refractivity contribution is 5.79. The van der Waals surface area contributed by atoms with Crippen LogP contribution in [0.3, 0.4) is 0 Å². The summed E-state index contributed by atoms with van der Waals surface area (Å²) in [6, 6.07) is 0.338. The summed E-state index contributed by atoms with van der Waals surface area (Å²) in [4.78, 5) is 31.4. The smallest absolute Gasteiger partial charge is 0.236 e. The quantitative estimate of drug-likeness (QED) is 0.789. The average molecular weight is 379 g/mol. The fourth-order valence-corrected chi connectivity index (χ4v) is 4.78. The molecule has 2 aliphatic heterocycles. The molecular formula is C21H38N4O2. The molecule has 3 aliphatic rings. The van der Waals surface area contributed by atoms with E-state index in [-0.39, 0.29) is 11.8 Å². The Hall–Kier alpha value is -1.14. The van der Waals surface area contributed by atoms with Crippen LogP contribution in [-0.2, 0) is 9.59 Å². The van der Waals surface area contributed by atoms with Crippen molar-refractivity contribution in [2.24, 2.45) is 11.8 Å². The molecule has 1 aliphatic carbocycles. The van der Waals surface area contributed by atoms with Gasteiger partial charge in [-0.3, -0.25) is 19.4 Å². The standard InChI is InChI=1S/C21H38N4O2/c1-17-7-6-8-19(18(17)2)22-20(26)15-23-11-13-24(14-12-23)16-21(27)25-9-4-3-5-10-25/h17-19H,3-16H2,1-2H3,(H,22,26). The second-order valence-electron chi connectivity index (χ2n) is 8.94. The summed E-state index contributed by atoms with van der Waals surface area (Å²) in [6.07, 6.45) is 7.17. The third-order valence-electron chi connectivity index (χ3n) is 6.95. The maximum absolute atomic E-state index is 12.5. The third kappa shape index (κ3) is 5.92. The first-order valence-corrected chi connectivity index (χ1v) is 11.0. The lowest BCUT2D eigenvalue weighted by Crippen LogP contribution is -2.53. The van der Waals surface area contributed by atoms with Crippen molar-refractivity contribution in [2.45, 2.75) is 58.4 Å². The first-order valence-electron chi connectivity index (χ1n) is 11.0. The Kier molecular flexibility index (Phi) is 7.53. The molecule has 1 saturated carbocycles. The number of amides is 2. The lowest BCUT2D eigenvalue weighted by Gasteiger charge is -2.37. The molecule has 0 aromatic rings. The van der Waals surface area contributed by atoms with E-state index in [1.54, 1.807) is 0 Å². The van der Waals surface area contributed by atoms with Gasteiger partial charge < -0.3 is 10.2 Å². The van der Waals surface area contributed by atoms with E-state index in [1.165, 1.54) is 19.3 Å². The van der Waals surface area contributed by atoms with E-state index < -0.39 is 0 Å². The van der Waals surface area contributed by atoms with Crippen molar-refractivity contribution in [3.05, 3.63) is 0 Å². The minimum Gasteiger partial charge on any atom is -0.352 e. The maximum atomic E-state index is 12.5. The molecule has 3 atom stereocenters. The van der Waals surface area contributed by atoms with E-state index in [0.29, 0.717) is 31.0 Å². The maximum Gasteiger partial charge on any atom is 0.236 e. The summed E-state index contributed by atoms with van der Waals surface area (Å²) >= 11 is 0. The normalized spacial score (nSPS) is 30.9. The van der Waals surface area contributed by atoms with Gasteiger partial charge in [0.1, 0.15) is 0 Å². The second kappa shape index (κ2) is 9.87. The number of carbonyl (C=O) groups is 2. The lowest BCUT2D eigenvalue weighted by atomic mass is 9.78. The summed E-state index contributed by atoms with van der Waals surface area (Å²) in [5.41, 5.74) is 0. The average Bonchev–Trinajstić information content (AvgIpc) is 2.67.